The monoisotopic (exact) mass is 471 g/mol. The number of methoxy groups -OCH3 is 4. The number of aliphatic hydroxyl groups is 1. The highest BCUT2D eigenvalue weighted by atomic mass is 16.5. The molecule has 1 N–H and O–H groups in total. The molecule has 184 valence electrons. The molecule has 0 spiro atoms. The Kier molecular flexibility index (Phi) is 9.18. The van der Waals surface area contributed by atoms with Crippen LogP contribution in [-0.4, -0.2) is 76.6 Å². The molecule has 1 heterocycles. The minimum Gasteiger partial charge on any atom is -0.496 e. The molecule has 1 fully saturated rings. The minimum absolute atomic E-state index is 0.221. The van der Waals surface area contributed by atoms with E-state index in [1.54, 1.807) is 51.7 Å². The lowest BCUT2D eigenvalue weighted by Crippen LogP contribution is -2.38. The second-order valence-electron chi connectivity index (χ2n) is 7.94. The number of allylic oxidation sites excluding steroid dienone is 1. The molecule has 0 saturated carbocycles. The van der Waals surface area contributed by atoms with Gasteiger partial charge in [0.25, 0.3) is 0 Å². The van der Waals surface area contributed by atoms with E-state index in [2.05, 4.69) is 4.90 Å². The van der Waals surface area contributed by atoms with Gasteiger partial charge in [-0.1, -0.05) is 12.1 Å². The van der Waals surface area contributed by atoms with Crippen molar-refractivity contribution in [3.63, 3.8) is 0 Å². The van der Waals surface area contributed by atoms with Gasteiger partial charge in [0.2, 0.25) is 0 Å². The van der Waals surface area contributed by atoms with Crippen molar-refractivity contribution in [1.29, 1.82) is 0 Å². The Morgan fingerprint density at radius 3 is 2.26 bits per heavy atom. The SMILES string of the molecule is COc1cc(OC)c(C(=O)C=Cc2ccc(OC)c(OC)c2)c(OCCN2CCC(O)CC2)c1. The third kappa shape index (κ3) is 6.42. The molecule has 2 aromatic carbocycles. The molecule has 0 aromatic heterocycles. The lowest BCUT2D eigenvalue weighted by Gasteiger charge is -2.29. The maximum atomic E-state index is 13.2. The quantitative estimate of drug-likeness (QED) is 0.394. The summed E-state index contributed by atoms with van der Waals surface area (Å²) in [5, 5.41) is 9.69. The Bertz CT molecular complexity index is 997. The molecule has 34 heavy (non-hydrogen) atoms. The fourth-order valence-electron chi connectivity index (χ4n) is 3.84. The van der Waals surface area contributed by atoms with E-state index >= 15 is 0 Å². The Morgan fingerprint density at radius 2 is 1.62 bits per heavy atom. The first-order valence-electron chi connectivity index (χ1n) is 11.2. The topological polar surface area (TPSA) is 86.7 Å². The van der Waals surface area contributed by atoms with Crippen LogP contribution in [-0.2, 0) is 0 Å². The summed E-state index contributed by atoms with van der Waals surface area (Å²) in [5.74, 6) is 2.24. The molecule has 1 aliphatic rings. The summed E-state index contributed by atoms with van der Waals surface area (Å²) in [6, 6.07) is 8.77. The fourth-order valence-corrected chi connectivity index (χ4v) is 3.84. The van der Waals surface area contributed by atoms with Crippen molar-refractivity contribution < 1.29 is 33.6 Å². The van der Waals surface area contributed by atoms with Crippen LogP contribution < -0.4 is 23.7 Å². The van der Waals surface area contributed by atoms with Gasteiger partial charge in [0.05, 0.1) is 34.5 Å². The van der Waals surface area contributed by atoms with Gasteiger partial charge in [-0.15, -0.1) is 0 Å². The van der Waals surface area contributed by atoms with Gasteiger partial charge in [-0.3, -0.25) is 9.69 Å². The molecule has 1 saturated heterocycles. The number of piperidine rings is 1. The number of rotatable bonds is 11. The zero-order valence-electron chi connectivity index (χ0n) is 20.2. The van der Waals surface area contributed by atoms with E-state index in [0.717, 1.165) is 31.5 Å². The van der Waals surface area contributed by atoms with Crippen molar-refractivity contribution in [1.82, 2.24) is 4.90 Å². The molecule has 0 radical (unpaired) electrons. The number of carbonyl (C=O) groups is 1. The number of hydrogen-bond acceptors (Lipinski definition) is 8. The van der Waals surface area contributed by atoms with E-state index < -0.39 is 0 Å². The van der Waals surface area contributed by atoms with E-state index in [1.165, 1.54) is 13.2 Å². The highest BCUT2D eigenvalue weighted by Gasteiger charge is 2.21. The van der Waals surface area contributed by atoms with Gasteiger partial charge >= 0.3 is 0 Å². The average Bonchev–Trinajstić information content (AvgIpc) is 2.87. The van der Waals surface area contributed by atoms with Crippen molar-refractivity contribution in [3.05, 3.63) is 47.5 Å². The van der Waals surface area contributed by atoms with E-state index in [-0.39, 0.29) is 11.9 Å². The van der Waals surface area contributed by atoms with Crippen molar-refractivity contribution in [2.75, 3.05) is 54.7 Å². The normalized spacial score (nSPS) is 14.7. The number of nitrogens with zero attached hydrogens (tertiary/aromatic N) is 1. The summed E-state index contributed by atoms with van der Waals surface area (Å²) in [4.78, 5) is 15.5. The number of carbonyl (C=O) groups excluding carboxylic acids is 1. The fraction of sp³-hybridized carbons (Fsp3) is 0.423. The average molecular weight is 472 g/mol. The lowest BCUT2D eigenvalue weighted by molar-refractivity contribution is 0.0752. The van der Waals surface area contributed by atoms with Gasteiger partial charge in [0, 0.05) is 31.8 Å². The number of hydrogen-bond donors (Lipinski definition) is 1. The molecule has 0 unspecified atom stereocenters. The van der Waals surface area contributed by atoms with Gasteiger partial charge in [-0.05, 0) is 36.6 Å². The Hall–Kier alpha value is -3.23. The van der Waals surface area contributed by atoms with Crippen LogP contribution in [0.2, 0.25) is 0 Å². The number of ketones is 1. The summed E-state index contributed by atoms with van der Waals surface area (Å²) in [6.45, 7) is 2.74. The van der Waals surface area contributed by atoms with Crippen molar-refractivity contribution in [2.24, 2.45) is 0 Å². The maximum Gasteiger partial charge on any atom is 0.193 e. The van der Waals surface area contributed by atoms with Crippen molar-refractivity contribution in [2.45, 2.75) is 18.9 Å². The molecule has 8 heteroatoms. The Balaban J connectivity index is 1.79. The van der Waals surface area contributed by atoms with E-state index in [9.17, 15) is 9.90 Å². The first-order valence-corrected chi connectivity index (χ1v) is 11.2. The van der Waals surface area contributed by atoms with Crippen LogP contribution in [0.5, 0.6) is 28.7 Å². The van der Waals surface area contributed by atoms with Crippen LogP contribution in [0.25, 0.3) is 6.08 Å². The molecule has 1 aliphatic heterocycles. The summed E-state index contributed by atoms with van der Waals surface area (Å²) >= 11 is 0. The molecule has 0 amide bonds. The van der Waals surface area contributed by atoms with E-state index in [1.807, 2.05) is 6.07 Å². The summed E-state index contributed by atoms with van der Waals surface area (Å²) < 4.78 is 27.5. The Morgan fingerprint density at radius 1 is 0.941 bits per heavy atom. The molecule has 0 atom stereocenters. The first kappa shape index (κ1) is 25.4. The van der Waals surface area contributed by atoms with Crippen LogP contribution in [0.4, 0.5) is 0 Å². The van der Waals surface area contributed by atoms with E-state index in [4.69, 9.17) is 23.7 Å². The predicted octanol–water partition coefficient (Wildman–Crippen LogP) is 3.45. The van der Waals surface area contributed by atoms with E-state index in [0.29, 0.717) is 47.5 Å². The van der Waals surface area contributed by atoms with Crippen LogP contribution in [0, 0.1) is 0 Å². The second kappa shape index (κ2) is 12.3. The van der Waals surface area contributed by atoms with Gasteiger partial charge in [0.1, 0.15) is 29.4 Å². The standard InChI is InChI=1S/C26H33NO7/c1-30-20-16-24(33-4)26(25(17-20)34-14-13-27-11-9-19(28)10-12-27)21(29)7-5-18-6-8-22(31-2)23(15-18)32-3/h5-8,15-17,19,28H,9-14H2,1-4H3. The number of likely N-dealkylation sites (tertiary alicyclic amines) is 1. The number of aliphatic hydroxyl groups excluding tert-OH is 1. The van der Waals surface area contributed by atoms with Crippen molar-refractivity contribution in [3.8, 4) is 28.7 Å². The zero-order chi connectivity index (χ0) is 24.5. The third-order valence-electron chi connectivity index (χ3n) is 5.80. The highest BCUT2D eigenvalue weighted by molar-refractivity contribution is 6.10. The van der Waals surface area contributed by atoms with Gasteiger partial charge in [-0.25, -0.2) is 0 Å². The first-order chi connectivity index (χ1) is 16.5. The smallest absolute Gasteiger partial charge is 0.193 e. The molecule has 3 rings (SSSR count). The van der Waals surface area contributed by atoms with Crippen molar-refractivity contribution >= 4 is 11.9 Å². The van der Waals surface area contributed by atoms with Crippen LogP contribution in [0.3, 0.4) is 0 Å². The highest BCUT2D eigenvalue weighted by Crippen LogP contribution is 2.35. The van der Waals surface area contributed by atoms with Crippen LogP contribution in [0.15, 0.2) is 36.4 Å². The van der Waals surface area contributed by atoms with Gasteiger partial charge < -0.3 is 28.8 Å². The van der Waals surface area contributed by atoms with Crippen LogP contribution in [0.1, 0.15) is 28.8 Å². The molecular weight excluding hydrogens is 438 g/mol. The molecule has 0 bridgehead atoms. The molecule has 2 aromatic rings. The third-order valence-corrected chi connectivity index (χ3v) is 5.80. The van der Waals surface area contributed by atoms with Crippen LogP contribution >= 0.6 is 0 Å². The lowest BCUT2D eigenvalue weighted by atomic mass is 10.1. The largest absolute Gasteiger partial charge is 0.496 e. The minimum atomic E-state index is -0.259. The zero-order valence-corrected chi connectivity index (χ0v) is 20.2. The molecule has 0 aliphatic carbocycles. The molecular formula is C26H33NO7. The summed E-state index contributed by atoms with van der Waals surface area (Å²) in [7, 11) is 6.19. The Labute approximate surface area is 200 Å². The van der Waals surface area contributed by atoms with Gasteiger partial charge in [0.15, 0.2) is 17.3 Å². The summed E-state index contributed by atoms with van der Waals surface area (Å²) in [5.41, 5.74) is 1.11. The summed E-state index contributed by atoms with van der Waals surface area (Å²) in [6.07, 6.45) is 4.48. The number of ether oxygens (including phenoxy) is 5. The predicted molar refractivity (Wildman–Crippen MR) is 130 cm³/mol. The number of benzene rings is 2. The maximum absolute atomic E-state index is 13.2. The second-order valence-corrected chi connectivity index (χ2v) is 7.94. The van der Waals surface area contributed by atoms with Gasteiger partial charge in [-0.2, -0.15) is 0 Å². The molecule has 8 nitrogen and oxygen atoms in total.